The third kappa shape index (κ3) is 3.36. The number of benzene rings is 1. The minimum absolute atomic E-state index is 0.106. The van der Waals surface area contributed by atoms with Crippen molar-refractivity contribution in [3.63, 3.8) is 0 Å². The normalized spacial score (nSPS) is 17.7. The maximum Gasteiger partial charge on any atom is 0.416 e. The fourth-order valence-corrected chi connectivity index (χ4v) is 2.55. The third-order valence-electron chi connectivity index (χ3n) is 2.72. The Balaban J connectivity index is 2.23. The van der Waals surface area contributed by atoms with Gasteiger partial charge in [-0.3, -0.25) is 14.5 Å². The second-order valence-electron chi connectivity index (χ2n) is 4.20. The van der Waals surface area contributed by atoms with Crippen molar-refractivity contribution in [2.75, 3.05) is 6.54 Å². The van der Waals surface area contributed by atoms with Crippen LogP contribution in [0.1, 0.15) is 11.1 Å². The Morgan fingerprint density at radius 3 is 2.33 bits per heavy atom. The monoisotopic (exact) mass is 313 g/mol. The Morgan fingerprint density at radius 1 is 1.19 bits per heavy atom. The van der Waals surface area contributed by atoms with Gasteiger partial charge in [-0.05, 0) is 35.5 Å². The summed E-state index contributed by atoms with van der Waals surface area (Å²) in [5, 5.41) is -0.418. The molecule has 0 saturated carbocycles. The molecule has 110 valence electrons. The summed E-state index contributed by atoms with van der Waals surface area (Å²) in [4.78, 5) is 24.7. The molecule has 2 amide bonds. The van der Waals surface area contributed by atoms with E-state index in [0.29, 0.717) is 5.56 Å². The summed E-state index contributed by atoms with van der Waals surface area (Å²) in [6, 6.07) is 4.37. The smallest absolute Gasteiger partial charge is 0.268 e. The lowest BCUT2D eigenvalue weighted by Crippen LogP contribution is -2.27. The highest BCUT2D eigenvalue weighted by molar-refractivity contribution is 8.18. The maximum atomic E-state index is 12.4. The van der Waals surface area contributed by atoms with Gasteiger partial charge in [0.15, 0.2) is 0 Å². The Bertz CT molecular complexity index is 620. The molecule has 3 nitrogen and oxygen atoms in total. The Hall–Kier alpha value is -2.02. The molecule has 1 heterocycles. The van der Waals surface area contributed by atoms with Crippen LogP contribution >= 0.6 is 11.8 Å². The molecule has 0 aliphatic carbocycles. The molecule has 1 aromatic carbocycles. The first-order valence-electron chi connectivity index (χ1n) is 5.86. The highest BCUT2D eigenvalue weighted by Crippen LogP contribution is 2.33. The van der Waals surface area contributed by atoms with E-state index in [1.54, 1.807) is 0 Å². The summed E-state index contributed by atoms with van der Waals surface area (Å²) in [7, 11) is 0. The molecular formula is C14H10F3NO2S. The van der Waals surface area contributed by atoms with Crippen LogP contribution in [0.4, 0.5) is 18.0 Å². The van der Waals surface area contributed by atoms with Gasteiger partial charge in [0, 0.05) is 6.54 Å². The summed E-state index contributed by atoms with van der Waals surface area (Å²) in [6.45, 7) is 3.56. The molecule has 1 saturated heterocycles. The SMILES string of the molecule is C=CCN1C(=O)S/C(=C\c2ccc(C(F)(F)F)cc2)C1=O. The van der Waals surface area contributed by atoms with Crippen molar-refractivity contribution >= 4 is 29.0 Å². The number of hydrogen-bond donors (Lipinski definition) is 0. The molecule has 1 aliphatic rings. The van der Waals surface area contributed by atoms with Crippen molar-refractivity contribution in [3.05, 3.63) is 53.0 Å². The Kier molecular flexibility index (Phi) is 4.22. The van der Waals surface area contributed by atoms with Crippen LogP contribution in [0.3, 0.4) is 0 Å². The minimum atomic E-state index is -4.40. The van der Waals surface area contributed by atoms with E-state index in [0.717, 1.165) is 28.8 Å². The zero-order valence-electron chi connectivity index (χ0n) is 10.7. The Morgan fingerprint density at radius 2 is 1.81 bits per heavy atom. The van der Waals surface area contributed by atoms with Gasteiger partial charge in [0.1, 0.15) is 0 Å². The van der Waals surface area contributed by atoms with Gasteiger partial charge >= 0.3 is 6.18 Å². The summed E-state index contributed by atoms with van der Waals surface area (Å²) in [6.07, 6.45) is -1.58. The molecule has 0 atom stereocenters. The van der Waals surface area contributed by atoms with E-state index in [1.807, 2.05) is 0 Å². The number of rotatable bonds is 3. The standard InChI is InChI=1S/C14H10F3NO2S/c1-2-7-18-12(19)11(21-13(18)20)8-9-3-5-10(6-4-9)14(15,16)17/h2-6,8H,1,7H2/b11-8-. The zero-order valence-corrected chi connectivity index (χ0v) is 11.5. The number of amides is 2. The summed E-state index contributed by atoms with van der Waals surface area (Å²) < 4.78 is 37.3. The van der Waals surface area contributed by atoms with Crippen molar-refractivity contribution in [3.8, 4) is 0 Å². The van der Waals surface area contributed by atoms with Gasteiger partial charge in [-0.1, -0.05) is 18.2 Å². The molecule has 21 heavy (non-hydrogen) atoms. The van der Waals surface area contributed by atoms with Crippen molar-refractivity contribution in [2.45, 2.75) is 6.18 Å². The fraction of sp³-hybridized carbons (Fsp3) is 0.143. The predicted molar refractivity (Wildman–Crippen MR) is 74.3 cm³/mol. The van der Waals surface area contributed by atoms with E-state index in [4.69, 9.17) is 0 Å². The van der Waals surface area contributed by atoms with Gasteiger partial charge < -0.3 is 0 Å². The minimum Gasteiger partial charge on any atom is -0.268 e. The number of carbonyl (C=O) groups excluding carboxylic acids is 2. The van der Waals surface area contributed by atoms with Gasteiger partial charge in [-0.25, -0.2) is 0 Å². The van der Waals surface area contributed by atoms with Crippen LogP contribution in [-0.2, 0) is 11.0 Å². The molecule has 1 aromatic rings. The third-order valence-corrected chi connectivity index (χ3v) is 3.63. The van der Waals surface area contributed by atoms with Crippen molar-refractivity contribution < 1.29 is 22.8 Å². The van der Waals surface area contributed by atoms with E-state index in [2.05, 4.69) is 6.58 Å². The lowest BCUT2D eigenvalue weighted by atomic mass is 10.1. The van der Waals surface area contributed by atoms with E-state index in [-0.39, 0.29) is 11.4 Å². The molecule has 0 radical (unpaired) electrons. The number of carbonyl (C=O) groups is 2. The molecular weight excluding hydrogens is 303 g/mol. The fourth-order valence-electron chi connectivity index (χ4n) is 1.71. The molecule has 0 spiro atoms. The first-order chi connectivity index (χ1) is 9.82. The lowest BCUT2D eigenvalue weighted by molar-refractivity contribution is -0.137. The van der Waals surface area contributed by atoms with Crippen LogP contribution < -0.4 is 0 Å². The molecule has 0 unspecified atom stereocenters. The van der Waals surface area contributed by atoms with Crippen LogP contribution in [0, 0.1) is 0 Å². The largest absolute Gasteiger partial charge is 0.416 e. The Labute approximate surface area is 123 Å². The first kappa shape index (κ1) is 15.4. The summed E-state index contributed by atoms with van der Waals surface area (Å²) >= 11 is 0.755. The van der Waals surface area contributed by atoms with E-state index in [1.165, 1.54) is 24.3 Å². The second kappa shape index (κ2) is 5.77. The van der Waals surface area contributed by atoms with Crippen LogP contribution in [0.5, 0.6) is 0 Å². The maximum absolute atomic E-state index is 12.4. The van der Waals surface area contributed by atoms with Crippen LogP contribution in [0.2, 0.25) is 0 Å². The van der Waals surface area contributed by atoms with E-state index >= 15 is 0 Å². The van der Waals surface area contributed by atoms with E-state index < -0.39 is 22.9 Å². The molecule has 0 N–H and O–H groups in total. The zero-order chi connectivity index (χ0) is 15.6. The van der Waals surface area contributed by atoms with Gasteiger partial charge in [0.25, 0.3) is 11.1 Å². The van der Waals surface area contributed by atoms with Gasteiger partial charge in [0.05, 0.1) is 10.5 Å². The van der Waals surface area contributed by atoms with Gasteiger partial charge in [-0.2, -0.15) is 13.2 Å². The first-order valence-corrected chi connectivity index (χ1v) is 6.68. The van der Waals surface area contributed by atoms with Crippen LogP contribution in [0.15, 0.2) is 41.8 Å². The number of imide groups is 1. The number of nitrogens with zero attached hydrogens (tertiary/aromatic N) is 1. The average Bonchev–Trinajstić information content (AvgIpc) is 2.66. The van der Waals surface area contributed by atoms with Crippen LogP contribution in [0.25, 0.3) is 6.08 Å². The highest BCUT2D eigenvalue weighted by atomic mass is 32.2. The topological polar surface area (TPSA) is 37.4 Å². The number of hydrogen-bond acceptors (Lipinski definition) is 3. The summed E-state index contributed by atoms with van der Waals surface area (Å²) in [5.41, 5.74) is -0.341. The second-order valence-corrected chi connectivity index (χ2v) is 5.19. The van der Waals surface area contributed by atoms with Crippen molar-refractivity contribution in [2.24, 2.45) is 0 Å². The van der Waals surface area contributed by atoms with Crippen molar-refractivity contribution in [1.29, 1.82) is 0 Å². The van der Waals surface area contributed by atoms with Gasteiger partial charge in [0.2, 0.25) is 0 Å². The molecule has 0 bridgehead atoms. The van der Waals surface area contributed by atoms with Gasteiger partial charge in [-0.15, -0.1) is 6.58 Å². The predicted octanol–water partition coefficient (Wildman–Crippen LogP) is 3.93. The summed E-state index contributed by atoms with van der Waals surface area (Å²) in [5.74, 6) is -0.468. The highest BCUT2D eigenvalue weighted by Gasteiger charge is 2.34. The molecule has 2 rings (SSSR count). The lowest BCUT2D eigenvalue weighted by Gasteiger charge is -2.08. The van der Waals surface area contributed by atoms with Crippen LogP contribution in [-0.4, -0.2) is 22.6 Å². The average molecular weight is 313 g/mol. The number of halogens is 3. The molecule has 0 aromatic heterocycles. The molecule has 7 heteroatoms. The molecule has 1 aliphatic heterocycles. The molecule has 1 fully saturated rings. The number of alkyl halides is 3. The quantitative estimate of drug-likeness (QED) is 0.627. The number of thioether (sulfide) groups is 1. The van der Waals surface area contributed by atoms with E-state index in [9.17, 15) is 22.8 Å². The van der Waals surface area contributed by atoms with Crippen molar-refractivity contribution in [1.82, 2.24) is 4.90 Å².